The van der Waals surface area contributed by atoms with Gasteiger partial charge in [-0.05, 0) is 48.6 Å². The fourth-order valence-corrected chi connectivity index (χ4v) is 3.58. The number of hydrogen-bond donors (Lipinski definition) is 4. The lowest BCUT2D eigenvalue weighted by Crippen LogP contribution is -2.46. The van der Waals surface area contributed by atoms with E-state index in [4.69, 9.17) is 5.73 Å². The maximum atomic E-state index is 11.3. The van der Waals surface area contributed by atoms with Crippen molar-refractivity contribution >= 4 is 11.6 Å². The third kappa shape index (κ3) is 4.78. The van der Waals surface area contributed by atoms with Crippen molar-refractivity contribution in [1.29, 1.82) is 0 Å². The van der Waals surface area contributed by atoms with Gasteiger partial charge < -0.3 is 26.2 Å². The number of phenols is 1. The number of aliphatic hydroxyl groups is 1. The lowest BCUT2D eigenvalue weighted by molar-refractivity contribution is 0.0997. The number of anilines is 1. The van der Waals surface area contributed by atoms with E-state index >= 15 is 0 Å². The van der Waals surface area contributed by atoms with Gasteiger partial charge in [0.15, 0.2) is 0 Å². The molecule has 1 amide bonds. The second-order valence-corrected chi connectivity index (χ2v) is 7.32. The summed E-state index contributed by atoms with van der Waals surface area (Å²) in [6.45, 7) is 1.42. The van der Waals surface area contributed by atoms with Crippen molar-refractivity contribution in [2.45, 2.75) is 25.0 Å². The molecule has 1 aliphatic rings. The molecule has 0 saturated heterocycles. The lowest BCUT2D eigenvalue weighted by atomic mass is 9.79. The number of nitrogens with one attached hydrogen (secondary N) is 1. The molecule has 1 fully saturated rings. The van der Waals surface area contributed by atoms with Crippen molar-refractivity contribution in [3.63, 3.8) is 0 Å². The zero-order valence-corrected chi connectivity index (χ0v) is 15.5. The first kappa shape index (κ1) is 19.2. The Morgan fingerprint density at radius 3 is 2.63 bits per heavy atom. The Kier molecular flexibility index (Phi) is 5.98. The zero-order valence-electron chi connectivity index (χ0n) is 15.5. The first-order valence-electron chi connectivity index (χ1n) is 9.24. The Morgan fingerprint density at radius 2 is 1.96 bits per heavy atom. The summed E-state index contributed by atoms with van der Waals surface area (Å²) in [5, 5.41) is 23.4. The van der Waals surface area contributed by atoms with Gasteiger partial charge in [-0.3, -0.25) is 4.79 Å². The van der Waals surface area contributed by atoms with Crippen LogP contribution >= 0.6 is 0 Å². The third-order valence-electron chi connectivity index (χ3n) is 5.24. The molecule has 1 saturated carbocycles. The smallest absolute Gasteiger partial charge is 0.252 e. The van der Waals surface area contributed by atoms with Crippen molar-refractivity contribution < 1.29 is 15.0 Å². The minimum atomic E-state index is -0.755. The van der Waals surface area contributed by atoms with Gasteiger partial charge in [-0.1, -0.05) is 24.3 Å². The summed E-state index contributed by atoms with van der Waals surface area (Å²) in [6, 6.07) is 15.2. The van der Waals surface area contributed by atoms with Crippen molar-refractivity contribution in [3.8, 4) is 5.75 Å². The minimum Gasteiger partial charge on any atom is -0.507 e. The molecule has 27 heavy (non-hydrogen) atoms. The number of rotatable bonds is 8. The Bertz CT molecular complexity index is 775. The standard InChI is InChI=1S/C21H27N3O3/c1-24(17-5-3-2-4-6-17)13-14-9-16(10-14)23-12-20(26)15-7-8-19(25)18(11-15)21(22)27/h2-8,11,14,16,20,23,25-26H,9-10,12-13H2,1H3,(H2,22,27)/t14-,16+,20?. The number of amides is 1. The average molecular weight is 369 g/mol. The second kappa shape index (κ2) is 8.41. The summed E-state index contributed by atoms with van der Waals surface area (Å²) >= 11 is 0. The number of aromatic hydroxyl groups is 1. The fraction of sp³-hybridized carbons (Fsp3) is 0.381. The summed E-state index contributed by atoms with van der Waals surface area (Å²) in [5.74, 6) is -0.241. The molecule has 0 radical (unpaired) electrons. The number of hydrogen-bond acceptors (Lipinski definition) is 5. The summed E-state index contributed by atoms with van der Waals surface area (Å²) in [4.78, 5) is 13.6. The number of carbonyl (C=O) groups is 1. The molecule has 6 heteroatoms. The van der Waals surface area contributed by atoms with E-state index in [1.165, 1.54) is 17.8 Å². The van der Waals surface area contributed by atoms with E-state index in [1.807, 2.05) is 18.2 Å². The molecule has 0 aromatic heterocycles. The Labute approximate surface area is 159 Å². The number of carbonyl (C=O) groups excluding carboxylic acids is 1. The third-order valence-corrected chi connectivity index (χ3v) is 5.24. The molecule has 144 valence electrons. The number of nitrogens with zero attached hydrogens (tertiary/aromatic N) is 1. The van der Waals surface area contributed by atoms with Crippen LogP contribution in [0.3, 0.4) is 0 Å². The van der Waals surface area contributed by atoms with Crippen LogP contribution in [-0.4, -0.2) is 42.3 Å². The quantitative estimate of drug-likeness (QED) is 0.571. The molecule has 0 heterocycles. The van der Waals surface area contributed by atoms with Crippen LogP contribution in [0.2, 0.25) is 0 Å². The number of aliphatic hydroxyl groups excluding tert-OH is 1. The van der Waals surface area contributed by atoms with Crippen molar-refractivity contribution in [3.05, 3.63) is 59.7 Å². The summed E-state index contributed by atoms with van der Waals surface area (Å²) < 4.78 is 0. The first-order chi connectivity index (χ1) is 12.9. The predicted molar refractivity (Wildman–Crippen MR) is 106 cm³/mol. The lowest BCUT2D eigenvalue weighted by Gasteiger charge is -2.39. The van der Waals surface area contributed by atoms with Crippen molar-refractivity contribution in [1.82, 2.24) is 5.32 Å². The normalized spacial score (nSPS) is 19.9. The van der Waals surface area contributed by atoms with E-state index < -0.39 is 12.0 Å². The topological polar surface area (TPSA) is 98.8 Å². The van der Waals surface area contributed by atoms with Gasteiger partial charge in [-0.15, -0.1) is 0 Å². The van der Waals surface area contributed by atoms with Crippen LogP contribution in [-0.2, 0) is 0 Å². The van der Waals surface area contributed by atoms with Gasteiger partial charge in [0.1, 0.15) is 5.75 Å². The molecule has 1 unspecified atom stereocenters. The molecule has 1 aliphatic carbocycles. The number of nitrogens with two attached hydrogens (primary N) is 1. The van der Waals surface area contributed by atoms with Crippen LogP contribution in [0.1, 0.15) is 34.9 Å². The predicted octanol–water partition coefficient (Wildman–Crippen LogP) is 2.03. The van der Waals surface area contributed by atoms with Gasteiger partial charge >= 0.3 is 0 Å². The molecular weight excluding hydrogens is 342 g/mol. The summed E-state index contributed by atoms with van der Waals surface area (Å²) in [5.41, 5.74) is 7.05. The van der Waals surface area contributed by atoms with E-state index in [0.29, 0.717) is 24.1 Å². The van der Waals surface area contributed by atoms with E-state index in [1.54, 1.807) is 6.07 Å². The van der Waals surface area contributed by atoms with Crippen LogP contribution in [0.4, 0.5) is 5.69 Å². The molecule has 2 aromatic rings. The first-order valence-corrected chi connectivity index (χ1v) is 9.24. The monoisotopic (exact) mass is 369 g/mol. The molecule has 5 N–H and O–H groups in total. The maximum absolute atomic E-state index is 11.3. The van der Waals surface area contributed by atoms with Crippen LogP contribution in [0.15, 0.2) is 48.5 Å². The highest BCUT2D eigenvalue weighted by Gasteiger charge is 2.30. The highest BCUT2D eigenvalue weighted by Crippen LogP contribution is 2.30. The Morgan fingerprint density at radius 1 is 1.26 bits per heavy atom. The highest BCUT2D eigenvalue weighted by molar-refractivity contribution is 5.95. The molecule has 1 atom stereocenters. The summed E-state index contributed by atoms with van der Waals surface area (Å²) in [7, 11) is 2.11. The average Bonchev–Trinajstić information content (AvgIpc) is 2.63. The van der Waals surface area contributed by atoms with Gasteiger partial charge in [-0.25, -0.2) is 0 Å². The maximum Gasteiger partial charge on any atom is 0.252 e. The van der Waals surface area contributed by atoms with Gasteiger partial charge in [0.05, 0.1) is 11.7 Å². The van der Waals surface area contributed by atoms with Crippen LogP contribution < -0.4 is 16.0 Å². The molecular formula is C21H27N3O3. The molecule has 2 aromatic carbocycles. The van der Waals surface area contributed by atoms with Crippen LogP contribution in [0, 0.1) is 5.92 Å². The minimum absolute atomic E-state index is 0.0270. The van der Waals surface area contributed by atoms with Crippen molar-refractivity contribution in [2.24, 2.45) is 11.7 Å². The zero-order chi connectivity index (χ0) is 19.4. The van der Waals surface area contributed by atoms with Crippen LogP contribution in [0.25, 0.3) is 0 Å². The fourth-order valence-electron chi connectivity index (χ4n) is 3.58. The van der Waals surface area contributed by atoms with Crippen molar-refractivity contribution in [2.75, 3.05) is 25.0 Å². The van der Waals surface area contributed by atoms with E-state index in [-0.39, 0.29) is 11.3 Å². The van der Waals surface area contributed by atoms with Gasteiger partial charge in [0.2, 0.25) is 0 Å². The Balaban J connectivity index is 1.43. The van der Waals surface area contributed by atoms with Gasteiger partial charge in [0.25, 0.3) is 5.91 Å². The number of benzene rings is 2. The molecule has 6 nitrogen and oxygen atoms in total. The Hall–Kier alpha value is -2.57. The molecule has 0 bridgehead atoms. The molecule has 0 spiro atoms. The van der Waals surface area contributed by atoms with E-state index in [2.05, 4.69) is 29.4 Å². The SMILES string of the molecule is CN(C[C@H]1C[C@@H](NCC(O)c2ccc(O)c(C(N)=O)c2)C1)c1ccccc1. The molecule has 0 aliphatic heterocycles. The molecule has 3 rings (SSSR count). The van der Waals surface area contributed by atoms with E-state index in [9.17, 15) is 15.0 Å². The van der Waals surface area contributed by atoms with E-state index in [0.717, 1.165) is 19.4 Å². The van der Waals surface area contributed by atoms with Gasteiger partial charge in [-0.2, -0.15) is 0 Å². The number of primary amides is 1. The summed E-state index contributed by atoms with van der Waals surface area (Å²) in [6.07, 6.45) is 1.40. The van der Waals surface area contributed by atoms with Gasteiger partial charge in [0, 0.05) is 31.9 Å². The van der Waals surface area contributed by atoms with Crippen LogP contribution in [0.5, 0.6) is 5.75 Å². The highest BCUT2D eigenvalue weighted by atomic mass is 16.3. The largest absolute Gasteiger partial charge is 0.507 e. The second-order valence-electron chi connectivity index (χ2n) is 7.32. The number of para-hydroxylation sites is 1.